The number of aryl methyl sites for hydroxylation is 2. The number of nitrogens with two attached hydrogens (primary N) is 1. The van der Waals surface area contributed by atoms with E-state index in [1.807, 2.05) is 0 Å². The summed E-state index contributed by atoms with van der Waals surface area (Å²) in [5, 5.41) is 2.76. The molecular formula is C17H27ClFN3O3S. The highest BCUT2D eigenvalue weighted by Crippen LogP contribution is 2.29. The first-order valence-corrected chi connectivity index (χ1v) is 9.96. The van der Waals surface area contributed by atoms with Crippen molar-refractivity contribution in [2.45, 2.75) is 50.5 Å². The zero-order valence-electron chi connectivity index (χ0n) is 15.1. The van der Waals surface area contributed by atoms with Gasteiger partial charge in [-0.05, 0) is 49.9 Å². The number of rotatable bonds is 6. The van der Waals surface area contributed by atoms with Crippen LogP contribution in [0.25, 0.3) is 0 Å². The second-order valence-corrected chi connectivity index (χ2v) is 8.30. The minimum Gasteiger partial charge on any atom is -0.354 e. The second-order valence-electron chi connectivity index (χ2n) is 6.48. The second kappa shape index (κ2) is 9.64. The molecule has 1 saturated heterocycles. The number of sulfonamides is 1. The summed E-state index contributed by atoms with van der Waals surface area (Å²) in [6.07, 6.45) is 2.58. The molecule has 3 N–H and O–H groups in total. The molecule has 1 aromatic rings. The summed E-state index contributed by atoms with van der Waals surface area (Å²) in [7, 11) is -3.76. The Morgan fingerprint density at radius 1 is 1.31 bits per heavy atom. The van der Waals surface area contributed by atoms with E-state index in [4.69, 9.17) is 5.73 Å². The fourth-order valence-corrected chi connectivity index (χ4v) is 5.48. The minimum absolute atomic E-state index is 0. The van der Waals surface area contributed by atoms with Gasteiger partial charge in [0.15, 0.2) is 0 Å². The van der Waals surface area contributed by atoms with Crippen LogP contribution in [-0.4, -0.2) is 44.3 Å². The fraction of sp³-hybridized carbons (Fsp3) is 0.588. The average molecular weight is 408 g/mol. The molecule has 1 atom stereocenters. The summed E-state index contributed by atoms with van der Waals surface area (Å²) in [5.41, 5.74) is 6.15. The van der Waals surface area contributed by atoms with E-state index < -0.39 is 15.8 Å². The van der Waals surface area contributed by atoms with Crippen molar-refractivity contribution in [1.82, 2.24) is 9.62 Å². The van der Waals surface area contributed by atoms with Crippen molar-refractivity contribution in [3.63, 3.8) is 0 Å². The Morgan fingerprint density at radius 2 is 1.92 bits per heavy atom. The van der Waals surface area contributed by atoms with Crippen molar-refractivity contribution >= 4 is 28.3 Å². The smallest absolute Gasteiger partial charge is 0.243 e. The third-order valence-corrected chi connectivity index (χ3v) is 6.73. The summed E-state index contributed by atoms with van der Waals surface area (Å²) in [4.78, 5) is 11.8. The maximum absolute atomic E-state index is 13.5. The predicted octanol–water partition coefficient (Wildman–Crippen LogP) is 1.87. The largest absolute Gasteiger partial charge is 0.354 e. The van der Waals surface area contributed by atoms with Crippen LogP contribution in [-0.2, 0) is 14.8 Å². The third kappa shape index (κ3) is 5.16. The van der Waals surface area contributed by atoms with Gasteiger partial charge in [-0.25, -0.2) is 12.8 Å². The Kier molecular flexibility index (Phi) is 8.46. The van der Waals surface area contributed by atoms with Gasteiger partial charge in [-0.1, -0.05) is 6.42 Å². The highest BCUT2D eigenvalue weighted by molar-refractivity contribution is 7.89. The molecule has 148 valence electrons. The average Bonchev–Trinajstić information content (AvgIpc) is 2.52. The number of hydrogen-bond donors (Lipinski definition) is 2. The van der Waals surface area contributed by atoms with Gasteiger partial charge in [-0.15, -0.1) is 12.4 Å². The van der Waals surface area contributed by atoms with E-state index in [9.17, 15) is 17.6 Å². The van der Waals surface area contributed by atoms with Crippen LogP contribution in [0.15, 0.2) is 17.0 Å². The Morgan fingerprint density at radius 3 is 2.50 bits per heavy atom. The number of benzene rings is 1. The van der Waals surface area contributed by atoms with Crippen LogP contribution in [0.1, 0.15) is 36.8 Å². The summed E-state index contributed by atoms with van der Waals surface area (Å²) >= 11 is 0. The molecule has 1 fully saturated rings. The molecule has 1 aliphatic rings. The van der Waals surface area contributed by atoms with Crippen molar-refractivity contribution in [2.75, 3.05) is 19.6 Å². The lowest BCUT2D eigenvalue weighted by Gasteiger charge is -2.35. The Bertz CT molecular complexity index is 720. The molecule has 26 heavy (non-hydrogen) atoms. The number of amides is 1. The van der Waals surface area contributed by atoms with E-state index in [0.717, 1.165) is 12.8 Å². The Balaban J connectivity index is 0.00000338. The van der Waals surface area contributed by atoms with Crippen molar-refractivity contribution in [3.05, 3.63) is 29.1 Å². The molecular weight excluding hydrogens is 381 g/mol. The summed E-state index contributed by atoms with van der Waals surface area (Å²) in [5.74, 6) is -0.627. The predicted molar refractivity (Wildman–Crippen MR) is 101 cm³/mol. The summed E-state index contributed by atoms with van der Waals surface area (Å²) in [6.45, 7) is 4.12. The first kappa shape index (κ1) is 22.8. The number of nitrogens with one attached hydrogen (secondary N) is 1. The number of nitrogens with zero attached hydrogens (tertiary/aromatic N) is 1. The maximum atomic E-state index is 13.5. The monoisotopic (exact) mass is 407 g/mol. The number of halogens is 2. The molecule has 0 aromatic heterocycles. The highest BCUT2D eigenvalue weighted by atomic mass is 35.5. The van der Waals surface area contributed by atoms with Gasteiger partial charge in [0.25, 0.3) is 0 Å². The van der Waals surface area contributed by atoms with Gasteiger partial charge in [0.05, 0.1) is 4.90 Å². The molecule has 1 aliphatic heterocycles. The molecule has 0 spiro atoms. The Hall–Kier alpha value is -1.22. The first-order valence-electron chi connectivity index (χ1n) is 8.52. The summed E-state index contributed by atoms with van der Waals surface area (Å²) < 4.78 is 41.4. The minimum atomic E-state index is -3.76. The van der Waals surface area contributed by atoms with E-state index >= 15 is 0 Å². The van der Waals surface area contributed by atoms with E-state index in [-0.39, 0.29) is 48.8 Å². The van der Waals surface area contributed by atoms with Gasteiger partial charge in [0, 0.05) is 32.1 Å². The number of piperidine rings is 1. The molecule has 1 unspecified atom stereocenters. The standard InChI is InChI=1S/C17H26FN3O3S.ClH/c1-12-9-14(18)10-13(2)17(12)25(23,24)21-8-4-3-5-15(21)11-20-16(22)6-7-19;/h9-10,15H,3-8,11,19H2,1-2H3,(H,20,22);1H. The van der Waals surface area contributed by atoms with Crippen LogP contribution in [0.5, 0.6) is 0 Å². The SMILES string of the molecule is Cc1cc(F)cc(C)c1S(=O)(=O)N1CCCCC1CNC(=O)CCN.Cl. The van der Waals surface area contributed by atoms with Crippen molar-refractivity contribution < 1.29 is 17.6 Å². The van der Waals surface area contributed by atoms with Gasteiger partial charge in [-0.3, -0.25) is 4.79 Å². The first-order chi connectivity index (χ1) is 11.8. The lowest BCUT2D eigenvalue weighted by atomic mass is 10.1. The molecule has 0 radical (unpaired) electrons. The highest BCUT2D eigenvalue weighted by Gasteiger charge is 2.35. The molecule has 0 aliphatic carbocycles. The van der Waals surface area contributed by atoms with Crippen LogP contribution >= 0.6 is 12.4 Å². The van der Waals surface area contributed by atoms with Crippen LogP contribution in [0.2, 0.25) is 0 Å². The van der Waals surface area contributed by atoms with Gasteiger partial charge in [0.2, 0.25) is 15.9 Å². The van der Waals surface area contributed by atoms with Crippen LogP contribution in [0, 0.1) is 19.7 Å². The van der Waals surface area contributed by atoms with Crippen molar-refractivity contribution in [2.24, 2.45) is 5.73 Å². The molecule has 0 saturated carbocycles. The zero-order chi connectivity index (χ0) is 18.6. The van der Waals surface area contributed by atoms with Crippen molar-refractivity contribution in [1.29, 1.82) is 0 Å². The summed E-state index contributed by atoms with van der Waals surface area (Å²) in [6, 6.07) is 2.17. The molecule has 2 rings (SSSR count). The number of carbonyl (C=O) groups excluding carboxylic acids is 1. The van der Waals surface area contributed by atoms with E-state index in [0.29, 0.717) is 24.1 Å². The topological polar surface area (TPSA) is 92.5 Å². The molecule has 6 nitrogen and oxygen atoms in total. The third-order valence-electron chi connectivity index (χ3n) is 4.47. The number of carbonyl (C=O) groups is 1. The van der Waals surface area contributed by atoms with Crippen LogP contribution < -0.4 is 11.1 Å². The fourth-order valence-electron chi connectivity index (χ4n) is 3.37. The Labute approximate surface area is 160 Å². The molecule has 1 amide bonds. The number of hydrogen-bond acceptors (Lipinski definition) is 4. The lowest BCUT2D eigenvalue weighted by molar-refractivity contribution is -0.121. The normalized spacial score (nSPS) is 18.2. The van der Waals surface area contributed by atoms with Gasteiger partial charge in [0.1, 0.15) is 5.82 Å². The van der Waals surface area contributed by atoms with Gasteiger partial charge >= 0.3 is 0 Å². The van der Waals surface area contributed by atoms with Crippen LogP contribution in [0.4, 0.5) is 4.39 Å². The molecule has 9 heteroatoms. The quantitative estimate of drug-likeness (QED) is 0.752. The molecule has 1 aromatic carbocycles. The van der Waals surface area contributed by atoms with E-state index in [2.05, 4.69) is 5.32 Å². The lowest BCUT2D eigenvalue weighted by Crippen LogP contribution is -2.49. The van der Waals surface area contributed by atoms with Crippen LogP contribution in [0.3, 0.4) is 0 Å². The van der Waals surface area contributed by atoms with E-state index in [1.165, 1.54) is 16.4 Å². The zero-order valence-corrected chi connectivity index (χ0v) is 16.8. The molecule has 1 heterocycles. The van der Waals surface area contributed by atoms with Crippen molar-refractivity contribution in [3.8, 4) is 0 Å². The van der Waals surface area contributed by atoms with Gasteiger partial charge in [-0.2, -0.15) is 4.31 Å². The maximum Gasteiger partial charge on any atom is 0.243 e. The molecule has 0 bridgehead atoms. The van der Waals surface area contributed by atoms with E-state index in [1.54, 1.807) is 13.8 Å². The van der Waals surface area contributed by atoms with Gasteiger partial charge < -0.3 is 11.1 Å².